The van der Waals surface area contributed by atoms with Gasteiger partial charge in [-0.2, -0.15) is 0 Å². The first kappa shape index (κ1) is 16.3. The first-order chi connectivity index (χ1) is 10.2. The molecule has 1 aliphatic rings. The fraction of sp³-hybridized carbons (Fsp3) is 0.667. The number of hydrogen-bond acceptors (Lipinski definition) is 3. The molecule has 0 fully saturated rings. The van der Waals surface area contributed by atoms with E-state index in [1.54, 1.807) is 0 Å². The Morgan fingerprint density at radius 3 is 2.67 bits per heavy atom. The normalized spacial score (nSPS) is 17.1. The van der Waals surface area contributed by atoms with Gasteiger partial charge in [-0.1, -0.05) is 6.07 Å². The maximum Gasteiger partial charge on any atom is 0.119 e. The van der Waals surface area contributed by atoms with Gasteiger partial charge in [0.25, 0.3) is 0 Å². The Hall–Kier alpha value is -1.06. The van der Waals surface area contributed by atoms with Gasteiger partial charge in [-0.15, -0.1) is 0 Å². The molecule has 0 aliphatic heterocycles. The summed E-state index contributed by atoms with van der Waals surface area (Å²) in [7, 11) is 1.90. The highest BCUT2D eigenvalue weighted by Crippen LogP contribution is 2.25. The van der Waals surface area contributed by atoms with Gasteiger partial charge < -0.3 is 15.2 Å². The van der Waals surface area contributed by atoms with E-state index in [1.165, 1.54) is 36.8 Å². The van der Waals surface area contributed by atoms with Crippen molar-refractivity contribution in [1.29, 1.82) is 0 Å². The number of aliphatic hydroxyl groups is 1. The Balaban J connectivity index is 1.71. The molecule has 2 N–H and O–H groups in total. The van der Waals surface area contributed by atoms with Crippen molar-refractivity contribution in [2.24, 2.45) is 0 Å². The van der Waals surface area contributed by atoms with Crippen LogP contribution in [-0.4, -0.2) is 30.9 Å². The van der Waals surface area contributed by atoms with Crippen molar-refractivity contribution in [3.8, 4) is 5.75 Å². The molecule has 3 heteroatoms. The number of ether oxygens (including phenoxy) is 1. The quantitative estimate of drug-likeness (QED) is 0.723. The minimum absolute atomic E-state index is 0.161. The molecule has 0 heterocycles. The molecule has 3 nitrogen and oxygen atoms in total. The Morgan fingerprint density at radius 2 is 1.95 bits per heavy atom. The molecule has 1 unspecified atom stereocenters. The highest BCUT2D eigenvalue weighted by Gasteiger charge is 2.19. The Labute approximate surface area is 128 Å². The first-order valence-electron chi connectivity index (χ1n) is 8.21. The Bertz CT molecular complexity index is 441. The zero-order valence-electron chi connectivity index (χ0n) is 13.5. The van der Waals surface area contributed by atoms with Crippen molar-refractivity contribution < 1.29 is 9.84 Å². The molecule has 0 spiro atoms. The van der Waals surface area contributed by atoms with Crippen LogP contribution < -0.4 is 10.1 Å². The largest absolute Gasteiger partial charge is 0.494 e. The summed E-state index contributed by atoms with van der Waals surface area (Å²) in [6, 6.07) is 6.56. The average molecular weight is 291 g/mol. The molecule has 0 bridgehead atoms. The second-order valence-corrected chi connectivity index (χ2v) is 6.41. The maximum absolute atomic E-state index is 9.34. The lowest BCUT2D eigenvalue weighted by Crippen LogP contribution is -2.43. The van der Waals surface area contributed by atoms with E-state index in [0.717, 1.165) is 31.6 Å². The minimum Gasteiger partial charge on any atom is -0.494 e. The molecule has 118 valence electrons. The number of benzene rings is 1. The summed E-state index contributed by atoms with van der Waals surface area (Å²) in [5.74, 6) is 1.01. The topological polar surface area (TPSA) is 41.5 Å². The number of hydrogen-bond donors (Lipinski definition) is 2. The molecule has 1 aromatic carbocycles. The number of aliphatic hydroxyl groups excluding tert-OH is 1. The molecule has 1 aromatic rings. The summed E-state index contributed by atoms with van der Waals surface area (Å²) in [6.45, 7) is 2.98. The van der Waals surface area contributed by atoms with Crippen LogP contribution in [0.5, 0.6) is 5.75 Å². The van der Waals surface area contributed by atoms with Crippen LogP contribution in [0.1, 0.15) is 50.2 Å². The first-order valence-corrected chi connectivity index (χ1v) is 8.21. The summed E-state index contributed by atoms with van der Waals surface area (Å²) >= 11 is 0. The van der Waals surface area contributed by atoms with Gasteiger partial charge >= 0.3 is 0 Å². The molecule has 0 amide bonds. The van der Waals surface area contributed by atoms with Crippen molar-refractivity contribution in [2.45, 2.75) is 57.4 Å². The summed E-state index contributed by atoms with van der Waals surface area (Å²) in [4.78, 5) is 0. The van der Waals surface area contributed by atoms with Crippen LogP contribution in [0.3, 0.4) is 0 Å². The fourth-order valence-corrected chi connectivity index (χ4v) is 2.89. The Morgan fingerprint density at radius 1 is 1.19 bits per heavy atom. The monoisotopic (exact) mass is 291 g/mol. The molecule has 0 aromatic heterocycles. The van der Waals surface area contributed by atoms with Crippen LogP contribution in [0.4, 0.5) is 0 Å². The molecule has 21 heavy (non-hydrogen) atoms. The third-order valence-corrected chi connectivity index (χ3v) is 4.66. The van der Waals surface area contributed by atoms with Crippen molar-refractivity contribution >= 4 is 0 Å². The van der Waals surface area contributed by atoms with Crippen LogP contribution in [0.2, 0.25) is 0 Å². The molecule has 2 rings (SSSR count). The van der Waals surface area contributed by atoms with Gasteiger partial charge in [-0.05, 0) is 82.2 Å². The Kier molecular flexibility index (Phi) is 6.07. The molecule has 0 saturated carbocycles. The number of unbranched alkanes of at least 4 members (excludes halogenated alkanes) is 1. The number of aryl methyl sites for hydroxylation is 2. The van der Waals surface area contributed by atoms with Crippen molar-refractivity contribution in [3.63, 3.8) is 0 Å². The van der Waals surface area contributed by atoms with Gasteiger partial charge in [0.2, 0.25) is 0 Å². The van der Waals surface area contributed by atoms with Gasteiger partial charge in [0, 0.05) is 5.54 Å². The highest BCUT2D eigenvalue weighted by atomic mass is 16.5. The van der Waals surface area contributed by atoms with Crippen molar-refractivity contribution in [3.05, 3.63) is 29.3 Å². The standard InChI is InChI=1S/C18H29NO2/c1-18(14-20,19-2)11-5-6-12-21-17-10-9-15-7-3-4-8-16(15)13-17/h9-10,13,19-20H,3-8,11-12,14H2,1-2H3. The molecular formula is C18H29NO2. The third kappa shape index (κ3) is 4.72. The lowest BCUT2D eigenvalue weighted by molar-refractivity contribution is 0.168. The van der Waals surface area contributed by atoms with E-state index in [1.807, 2.05) is 7.05 Å². The van der Waals surface area contributed by atoms with Crippen molar-refractivity contribution in [1.82, 2.24) is 5.32 Å². The number of rotatable bonds is 8. The van der Waals surface area contributed by atoms with Gasteiger partial charge in [0.05, 0.1) is 13.2 Å². The summed E-state index contributed by atoms with van der Waals surface area (Å²) in [5, 5.41) is 12.5. The predicted octanol–water partition coefficient (Wildman–Crippen LogP) is 3.08. The molecular weight excluding hydrogens is 262 g/mol. The van der Waals surface area contributed by atoms with Crippen molar-refractivity contribution in [2.75, 3.05) is 20.3 Å². The van der Waals surface area contributed by atoms with Crippen LogP contribution >= 0.6 is 0 Å². The van der Waals surface area contributed by atoms with Crippen LogP contribution in [0, 0.1) is 0 Å². The van der Waals surface area contributed by atoms with Gasteiger partial charge in [-0.3, -0.25) is 0 Å². The van der Waals surface area contributed by atoms with E-state index in [2.05, 4.69) is 30.4 Å². The van der Waals surface area contributed by atoms with E-state index in [4.69, 9.17) is 4.74 Å². The summed E-state index contributed by atoms with van der Waals surface area (Å²) < 4.78 is 5.87. The minimum atomic E-state index is -0.161. The summed E-state index contributed by atoms with van der Waals surface area (Å²) in [5.41, 5.74) is 2.81. The number of likely N-dealkylation sites (N-methyl/N-ethyl adjacent to an activating group) is 1. The van der Waals surface area contributed by atoms with Crippen LogP contribution in [0.25, 0.3) is 0 Å². The number of fused-ring (bicyclic) bond motifs is 1. The maximum atomic E-state index is 9.34. The highest BCUT2D eigenvalue weighted by molar-refractivity contribution is 5.37. The van der Waals surface area contributed by atoms with E-state index < -0.39 is 0 Å². The van der Waals surface area contributed by atoms with Crippen LogP contribution in [0.15, 0.2) is 18.2 Å². The molecule has 0 saturated heterocycles. The van der Waals surface area contributed by atoms with Gasteiger partial charge in [-0.25, -0.2) is 0 Å². The third-order valence-electron chi connectivity index (χ3n) is 4.66. The SMILES string of the molecule is CNC(C)(CO)CCCCOc1ccc2c(c1)CCCC2. The zero-order chi connectivity index (χ0) is 15.1. The lowest BCUT2D eigenvalue weighted by atomic mass is 9.92. The molecule has 1 atom stereocenters. The molecule has 0 radical (unpaired) electrons. The average Bonchev–Trinajstić information content (AvgIpc) is 2.54. The second-order valence-electron chi connectivity index (χ2n) is 6.41. The number of nitrogens with one attached hydrogen (secondary N) is 1. The molecule has 1 aliphatic carbocycles. The van der Waals surface area contributed by atoms with E-state index >= 15 is 0 Å². The van der Waals surface area contributed by atoms with Crippen LogP contribution in [-0.2, 0) is 12.8 Å². The predicted molar refractivity (Wildman–Crippen MR) is 87.0 cm³/mol. The van der Waals surface area contributed by atoms with Gasteiger partial charge in [0.15, 0.2) is 0 Å². The van der Waals surface area contributed by atoms with E-state index in [9.17, 15) is 5.11 Å². The zero-order valence-corrected chi connectivity index (χ0v) is 13.5. The smallest absolute Gasteiger partial charge is 0.119 e. The second kappa shape index (κ2) is 7.81. The van der Waals surface area contributed by atoms with E-state index in [0.29, 0.717) is 0 Å². The fourth-order valence-electron chi connectivity index (χ4n) is 2.89. The lowest BCUT2D eigenvalue weighted by Gasteiger charge is -2.26. The van der Waals surface area contributed by atoms with Gasteiger partial charge in [0.1, 0.15) is 5.75 Å². The van der Waals surface area contributed by atoms with E-state index in [-0.39, 0.29) is 12.1 Å². The summed E-state index contributed by atoms with van der Waals surface area (Å²) in [6.07, 6.45) is 8.09.